The number of carbonyl (C=O) groups is 2. The van der Waals surface area contributed by atoms with Crippen molar-refractivity contribution in [2.75, 3.05) is 33.9 Å². The number of methoxy groups -OCH3 is 1. The zero-order chi connectivity index (χ0) is 15.0. The van der Waals surface area contributed by atoms with Gasteiger partial charge in [0.05, 0.1) is 12.6 Å². The van der Waals surface area contributed by atoms with Crippen LogP contribution in [0.2, 0.25) is 0 Å². The van der Waals surface area contributed by atoms with Gasteiger partial charge in [0.1, 0.15) is 18.3 Å². The Labute approximate surface area is 122 Å². The van der Waals surface area contributed by atoms with Crippen LogP contribution in [0, 0.1) is 0 Å². The van der Waals surface area contributed by atoms with Crippen molar-refractivity contribution in [1.29, 1.82) is 0 Å². The van der Waals surface area contributed by atoms with E-state index in [-0.39, 0.29) is 30.6 Å². The summed E-state index contributed by atoms with van der Waals surface area (Å²) in [5.74, 6) is 0.103. The Morgan fingerprint density at radius 2 is 2.33 bits per heavy atom. The van der Waals surface area contributed by atoms with Crippen LogP contribution in [-0.2, 0) is 9.53 Å². The van der Waals surface area contributed by atoms with Crippen molar-refractivity contribution in [1.82, 2.24) is 14.8 Å². The topological polar surface area (TPSA) is 72.0 Å². The Hall–Kier alpha value is -2.15. The number of nitrogens with zero attached hydrogens (tertiary/aromatic N) is 3. The molecule has 3 rings (SSSR count). The lowest BCUT2D eigenvalue weighted by Gasteiger charge is -2.24. The SMILES string of the molecule is COCC(=O)N1CC2Oc3ncccc3C(=O)N(C)C2C1. The summed E-state index contributed by atoms with van der Waals surface area (Å²) in [7, 11) is 3.22. The summed E-state index contributed by atoms with van der Waals surface area (Å²) in [5, 5.41) is 0. The molecule has 7 heteroatoms. The number of aromatic nitrogens is 1. The number of amides is 2. The van der Waals surface area contributed by atoms with Crippen LogP contribution in [0.1, 0.15) is 10.4 Å². The minimum absolute atomic E-state index is 0.0337. The first-order valence-electron chi connectivity index (χ1n) is 6.77. The molecule has 0 bridgehead atoms. The van der Waals surface area contributed by atoms with E-state index >= 15 is 0 Å². The van der Waals surface area contributed by atoms with Crippen molar-refractivity contribution in [2.45, 2.75) is 12.1 Å². The van der Waals surface area contributed by atoms with Crippen LogP contribution < -0.4 is 4.74 Å². The summed E-state index contributed by atoms with van der Waals surface area (Å²) >= 11 is 0. The zero-order valence-electron chi connectivity index (χ0n) is 12.0. The van der Waals surface area contributed by atoms with Gasteiger partial charge in [-0.15, -0.1) is 0 Å². The van der Waals surface area contributed by atoms with E-state index in [1.807, 2.05) is 0 Å². The lowest BCUT2D eigenvalue weighted by molar-refractivity contribution is -0.134. The second-order valence-corrected chi connectivity index (χ2v) is 5.23. The third-order valence-electron chi connectivity index (χ3n) is 3.94. The fraction of sp³-hybridized carbons (Fsp3) is 0.500. The Morgan fingerprint density at radius 1 is 1.52 bits per heavy atom. The highest BCUT2D eigenvalue weighted by atomic mass is 16.5. The molecule has 0 radical (unpaired) electrons. The molecule has 2 atom stereocenters. The van der Waals surface area contributed by atoms with Gasteiger partial charge < -0.3 is 19.3 Å². The molecular weight excluding hydrogens is 274 g/mol. The van der Waals surface area contributed by atoms with E-state index in [2.05, 4.69) is 4.98 Å². The average molecular weight is 291 g/mol. The second kappa shape index (κ2) is 5.33. The van der Waals surface area contributed by atoms with Gasteiger partial charge in [0.25, 0.3) is 5.91 Å². The maximum Gasteiger partial charge on any atom is 0.259 e. The van der Waals surface area contributed by atoms with Crippen LogP contribution in [0.3, 0.4) is 0 Å². The summed E-state index contributed by atoms with van der Waals surface area (Å²) in [6, 6.07) is 3.24. The fourth-order valence-electron chi connectivity index (χ4n) is 2.79. The number of ether oxygens (including phenoxy) is 2. The number of likely N-dealkylation sites (N-methyl/N-ethyl adjacent to an activating group) is 1. The van der Waals surface area contributed by atoms with Gasteiger partial charge in [-0.2, -0.15) is 0 Å². The van der Waals surface area contributed by atoms with Gasteiger partial charge >= 0.3 is 0 Å². The third-order valence-corrected chi connectivity index (χ3v) is 3.94. The third kappa shape index (κ3) is 2.33. The van der Waals surface area contributed by atoms with Gasteiger partial charge in [-0.3, -0.25) is 9.59 Å². The molecule has 112 valence electrons. The Kier molecular flexibility index (Phi) is 3.50. The molecule has 21 heavy (non-hydrogen) atoms. The van der Waals surface area contributed by atoms with Crippen LogP contribution in [0.5, 0.6) is 5.88 Å². The first-order chi connectivity index (χ1) is 10.1. The normalized spacial score (nSPS) is 24.2. The number of fused-ring (bicyclic) bond motifs is 2. The zero-order valence-corrected chi connectivity index (χ0v) is 12.0. The molecule has 7 nitrogen and oxygen atoms in total. The highest BCUT2D eigenvalue weighted by Crippen LogP contribution is 2.28. The molecule has 1 aromatic rings. The molecule has 0 N–H and O–H groups in total. The molecule has 1 fully saturated rings. The van der Waals surface area contributed by atoms with E-state index in [4.69, 9.17) is 9.47 Å². The fourth-order valence-corrected chi connectivity index (χ4v) is 2.79. The summed E-state index contributed by atoms with van der Waals surface area (Å²) in [4.78, 5) is 31.8. The van der Waals surface area contributed by atoms with E-state index in [1.54, 1.807) is 35.2 Å². The molecule has 1 saturated heterocycles. The van der Waals surface area contributed by atoms with Crippen molar-refractivity contribution in [3.05, 3.63) is 23.9 Å². The Morgan fingerprint density at radius 3 is 3.10 bits per heavy atom. The molecule has 2 aliphatic heterocycles. The van der Waals surface area contributed by atoms with Gasteiger partial charge in [0, 0.05) is 26.9 Å². The number of likely N-dealkylation sites (tertiary alicyclic amines) is 1. The monoisotopic (exact) mass is 291 g/mol. The van der Waals surface area contributed by atoms with Gasteiger partial charge in [-0.1, -0.05) is 0 Å². The van der Waals surface area contributed by atoms with E-state index in [0.29, 0.717) is 24.5 Å². The molecule has 2 aliphatic rings. The highest BCUT2D eigenvalue weighted by molar-refractivity contribution is 5.97. The van der Waals surface area contributed by atoms with Gasteiger partial charge in [-0.25, -0.2) is 4.98 Å². The van der Waals surface area contributed by atoms with E-state index < -0.39 is 0 Å². The van der Waals surface area contributed by atoms with E-state index in [0.717, 1.165) is 0 Å². The minimum Gasteiger partial charge on any atom is -0.470 e. The molecule has 0 saturated carbocycles. The molecule has 2 unspecified atom stereocenters. The minimum atomic E-state index is -0.268. The predicted molar refractivity (Wildman–Crippen MR) is 73.0 cm³/mol. The summed E-state index contributed by atoms with van der Waals surface area (Å²) < 4.78 is 10.7. The quantitative estimate of drug-likeness (QED) is 0.753. The Bertz CT molecular complexity index is 577. The number of carbonyl (C=O) groups excluding carboxylic acids is 2. The molecule has 0 aliphatic carbocycles. The van der Waals surface area contributed by atoms with Crippen LogP contribution in [0.15, 0.2) is 18.3 Å². The lowest BCUT2D eigenvalue weighted by Crippen LogP contribution is -2.44. The van der Waals surface area contributed by atoms with Crippen LogP contribution in [0.25, 0.3) is 0 Å². The lowest BCUT2D eigenvalue weighted by atomic mass is 10.2. The highest BCUT2D eigenvalue weighted by Gasteiger charge is 2.43. The maximum atomic E-state index is 12.5. The summed E-state index contributed by atoms with van der Waals surface area (Å²) in [6.45, 7) is 0.912. The molecule has 1 aromatic heterocycles. The molecule has 3 heterocycles. The van der Waals surface area contributed by atoms with Crippen LogP contribution in [-0.4, -0.2) is 72.6 Å². The smallest absolute Gasteiger partial charge is 0.259 e. The number of hydrogen-bond donors (Lipinski definition) is 0. The van der Waals surface area contributed by atoms with Gasteiger partial charge in [0.2, 0.25) is 11.8 Å². The van der Waals surface area contributed by atoms with Gasteiger partial charge in [0.15, 0.2) is 0 Å². The number of hydrogen-bond acceptors (Lipinski definition) is 5. The van der Waals surface area contributed by atoms with Crippen LogP contribution >= 0.6 is 0 Å². The van der Waals surface area contributed by atoms with Crippen molar-refractivity contribution < 1.29 is 19.1 Å². The molecule has 0 spiro atoms. The van der Waals surface area contributed by atoms with Crippen molar-refractivity contribution in [2.24, 2.45) is 0 Å². The standard InChI is InChI=1S/C14H17N3O4/c1-16-10-6-17(12(18)8-20-2)7-11(10)21-13-9(14(16)19)4-3-5-15-13/h3-5,10-11H,6-8H2,1-2H3. The summed E-state index contributed by atoms with van der Waals surface area (Å²) in [5.41, 5.74) is 0.462. The van der Waals surface area contributed by atoms with E-state index in [1.165, 1.54) is 7.11 Å². The molecule has 0 aromatic carbocycles. The Balaban J connectivity index is 1.86. The molecular formula is C14H17N3O4. The number of pyridine rings is 1. The number of rotatable bonds is 2. The predicted octanol–water partition coefficient (Wildman–Crippen LogP) is -0.228. The average Bonchev–Trinajstić information content (AvgIpc) is 2.87. The molecule has 2 amide bonds. The van der Waals surface area contributed by atoms with Gasteiger partial charge in [-0.05, 0) is 12.1 Å². The first-order valence-corrected chi connectivity index (χ1v) is 6.77. The first kappa shape index (κ1) is 13.8. The maximum absolute atomic E-state index is 12.5. The largest absolute Gasteiger partial charge is 0.470 e. The second-order valence-electron chi connectivity index (χ2n) is 5.23. The van der Waals surface area contributed by atoms with E-state index in [9.17, 15) is 9.59 Å². The van der Waals surface area contributed by atoms with Crippen molar-refractivity contribution >= 4 is 11.8 Å². The van der Waals surface area contributed by atoms with Crippen LogP contribution in [0.4, 0.5) is 0 Å². The van der Waals surface area contributed by atoms with Crippen molar-refractivity contribution in [3.63, 3.8) is 0 Å². The summed E-state index contributed by atoms with van der Waals surface area (Å²) in [6.07, 6.45) is 1.32. The van der Waals surface area contributed by atoms with Crippen molar-refractivity contribution in [3.8, 4) is 5.88 Å².